The standard InChI is InChI=1S/C14H20N4OS/c1-5-7-18-10(4)8-9(3)11(13(18)19)12-16-17-14(20-12)15-6-2/h8H,5-7H2,1-4H3,(H,15,17). The zero-order valence-electron chi connectivity index (χ0n) is 12.4. The van der Waals surface area contributed by atoms with E-state index >= 15 is 0 Å². The molecule has 1 N–H and O–H groups in total. The molecule has 0 aliphatic heterocycles. The molecule has 2 aromatic rings. The van der Waals surface area contributed by atoms with E-state index in [0.29, 0.717) is 10.6 Å². The molecule has 0 saturated carbocycles. The van der Waals surface area contributed by atoms with Crippen LogP contribution in [-0.2, 0) is 6.54 Å². The summed E-state index contributed by atoms with van der Waals surface area (Å²) in [6, 6.07) is 2.04. The maximum Gasteiger partial charge on any atom is 0.261 e. The number of nitrogens with one attached hydrogen (secondary N) is 1. The number of rotatable bonds is 5. The van der Waals surface area contributed by atoms with Gasteiger partial charge in [-0.2, -0.15) is 0 Å². The van der Waals surface area contributed by atoms with Crippen LogP contribution in [0.25, 0.3) is 10.6 Å². The highest BCUT2D eigenvalue weighted by Gasteiger charge is 2.16. The van der Waals surface area contributed by atoms with Crippen LogP contribution in [0.15, 0.2) is 10.9 Å². The Balaban J connectivity index is 2.55. The molecule has 0 amide bonds. The highest BCUT2D eigenvalue weighted by atomic mass is 32.1. The Morgan fingerprint density at radius 1 is 1.30 bits per heavy atom. The first-order valence-electron chi connectivity index (χ1n) is 6.87. The van der Waals surface area contributed by atoms with Gasteiger partial charge >= 0.3 is 0 Å². The van der Waals surface area contributed by atoms with E-state index in [9.17, 15) is 4.79 Å². The van der Waals surface area contributed by atoms with Gasteiger partial charge in [-0.25, -0.2) is 0 Å². The third-order valence-electron chi connectivity index (χ3n) is 3.12. The van der Waals surface area contributed by atoms with Crippen molar-refractivity contribution in [2.75, 3.05) is 11.9 Å². The van der Waals surface area contributed by atoms with Crippen molar-refractivity contribution < 1.29 is 0 Å². The first kappa shape index (κ1) is 14.7. The molecule has 6 heteroatoms. The molecular formula is C14H20N4OS. The molecular weight excluding hydrogens is 272 g/mol. The molecule has 2 aromatic heterocycles. The molecule has 0 fully saturated rings. The fourth-order valence-corrected chi connectivity index (χ4v) is 3.15. The summed E-state index contributed by atoms with van der Waals surface area (Å²) >= 11 is 1.42. The largest absolute Gasteiger partial charge is 0.360 e. The van der Waals surface area contributed by atoms with Crippen molar-refractivity contribution in [1.82, 2.24) is 14.8 Å². The van der Waals surface area contributed by atoms with Crippen molar-refractivity contribution >= 4 is 16.5 Å². The summed E-state index contributed by atoms with van der Waals surface area (Å²) < 4.78 is 1.82. The second-order valence-electron chi connectivity index (χ2n) is 4.74. The number of hydrogen-bond donors (Lipinski definition) is 1. The normalized spacial score (nSPS) is 10.8. The molecule has 0 atom stereocenters. The van der Waals surface area contributed by atoms with E-state index in [-0.39, 0.29) is 5.56 Å². The maximum atomic E-state index is 12.6. The summed E-state index contributed by atoms with van der Waals surface area (Å²) in [5.41, 5.74) is 2.66. The van der Waals surface area contributed by atoms with E-state index in [1.165, 1.54) is 11.3 Å². The van der Waals surface area contributed by atoms with Crippen molar-refractivity contribution in [3.8, 4) is 10.6 Å². The lowest BCUT2D eigenvalue weighted by Crippen LogP contribution is -2.24. The fraction of sp³-hybridized carbons (Fsp3) is 0.500. The molecule has 108 valence electrons. The SMILES string of the molecule is CCCn1c(C)cc(C)c(-c2nnc(NCC)s2)c1=O. The van der Waals surface area contributed by atoms with Crippen LogP contribution in [0.2, 0.25) is 0 Å². The molecule has 2 rings (SSSR count). The van der Waals surface area contributed by atoms with Gasteiger partial charge in [0.1, 0.15) is 0 Å². The lowest BCUT2D eigenvalue weighted by atomic mass is 10.1. The van der Waals surface area contributed by atoms with Gasteiger partial charge < -0.3 is 9.88 Å². The molecule has 0 spiro atoms. The van der Waals surface area contributed by atoms with Gasteiger partial charge in [0.15, 0.2) is 5.01 Å². The van der Waals surface area contributed by atoms with Crippen LogP contribution in [0.5, 0.6) is 0 Å². The number of pyridine rings is 1. The summed E-state index contributed by atoms with van der Waals surface area (Å²) in [7, 11) is 0. The van der Waals surface area contributed by atoms with Gasteiger partial charge in [0.25, 0.3) is 5.56 Å². The lowest BCUT2D eigenvalue weighted by molar-refractivity contribution is 0.635. The molecule has 0 bridgehead atoms. The van der Waals surface area contributed by atoms with E-state index in [0.717, 1.165) is 35.9 Å². The van der Waals surface area contributed by atoms with Gasteiger partial charge in [-0.1, -0.05) is 18.3 Å². The number of nitrogens with zero attached hydrogens (tertiary/aromatic N) is 3. The molecule has 2 heterocycles. The summed E-state index contributed by atoms with van der Waals surface area (Å²) in [5.74, 6) is 0. The van der Waals surface area contributed by atoms with E-state index in [1.807, 2.05) is 31.4 Å². The first-order valence-corrected chi connectivity index (χ1v) is 7.68. The quantitative estimate of drug-likeness (QED) is 0.920. The Morgan fingerprint density at radius 2 is 2.05 bits per heavy atom. The minimum absolute atomic E-state index is 0.0311. The molecule has 5 nitrogen and oxygen atoms in total. The maximum absolute atomic E-state index is 12.6. The molecule has 0 aliphatic carbocycles. The van der Waals surface area contributed by atoms with Crippen molar-refractivity contribution in [2.45, 2.75) is 40.7 Å². The smallest absolute Gasteiger partial charge is 0.261 e. The molecule has 0 aromatic carbocycles. The molecule has 0 radical (unpaired) electrons. The predicted octanol–water partition coefficient (Wildman–Crippen LogP) is 2.83. The second kappa shape index (κ2) is 6.17. The highest BCUT2D eigenvalue weighted by molar-refractivity contribution is 7.18. The Morgan fingerprint density at radius 3 is 2.70 bits per heavy atom. The number of anilines is 1. The molecule has 20 heavy (non-hydrogen) atoms. The highest BCUT2D eigenvalue weighted by Crippen LogP contribution is 2.26. The Kier molecular flexibility index (Phi) is 4.54. The fourth-order valence-electron chi connectivity index (χ4n) is 2.24. The van der Waals surface area contributed by atoms with Crippen LogP contribution in [0.1, 0.15) is 31.5 Å². The lowest BCUT2D eigenvalue weighted by Gasteiger charge is -2.12. The van der Waals surface area contributed by atoms with Crippen molar-refractivity contribution in [1.29, 1.82) is 0 Å². The van der Waals surface area contributed by atoms with E-state index in [2.05, 4.69) is 22.4 Å². The number of aryl methyl sites for hydroxylation is 2. The number of aromatic nitrogens is 3. The van der Waals surface area contributed by atoms with Crippen molar-refractivity contribution in [3.63, 3.8) is 0 Å². The van der Waals surface area contributed by atoms with Gasteiger partial charge in [-0.15, -0.1) is 10.2 Å². The minimum atomic E-state index is 0.0311. The third-order valence-corrected chi connectivity index (χ3v) is 4.02. The molecule has 0 unspecified atom stereocenters. The average Bonchev–Trinajstić information content (AvgIpc) is 2.83. The first-order chi connectivity index (χ1) is 9.58. The summed E-state index contributed by atoms with van der Waals surface area (Å²) in [5, 5.41) is 12.8. The Bertz CT molecular complexity index is 660. The summed E-state index contributed by atoms with van der Waals surface area (Å²) in [4.78, 5) is 12.6. The predicted molar refractivity (Wildman–Crippen MR) is 83.5 cm³/mol. The zero-order valence-corrected chi connectivity index (χ0v) is 13.2. The zero-order chi connectivity index (χ0) is 14.7. The Hall–Kier alpha value is -1.69. The van der Waals surface area contributed by atoms with Crippen LogP contribution in [-0.4, -0.2) is 21.3 Å². The topological polar surface area (TPSA) is 59.8 Å². The molecule has 0 saturated heterocycles. The van der Waals surface area contributed by atoms with Gasteiger partial charge in [0, 0.05) is 18.8 Å². The van der Waals surface area contributed by atoms with Gasteiger partial charge in [0.2, 0.25) is 5.13 Å². The van der Waals surface area contributed by atoms with Crippen molar-refractivity contribution in [2.24, 2.45) is 0 Å². The van der Waals surface area contributed by atoms with E-state index in [4.69, 9.17) is 0 Å². The second-order valence-corrected chi connectivity index (χ2v) is 5.72. The van der Waals surface area contributed by atoms with E-state index < -0.39 is 0 Å². The summed E-state index contributed by atoms with van der Waals surface area (Å²) in [6.07, 6.45) is 0.933. The van der Waals surface area contributed by atoms with E-state index in [1.54, 1.807) is 0 Å². The number of hydrogen-bond acceptors (Lipinski definition) is 5. The monoisotopic (exact) mass is 292 g/mol. The minimum Gasteiger partial charge on any atom is -0.360 e. The summed E-state index contributed by atoms with van der Waals surface area (Å²) in [6.45, 7) is 9.52. The average molecular weight is 292 g/mol. The third kappa shape index (κ3) is 2.75. The van der Waals surface area contributed by atoms with Crippen molar-refractivity contribution in [3.05, 3.63) is 27.7 Å². The van der Waals surface area contributed by atoms with Crippen LogP contribution in [0, 0.1) is 13.8 Å². The van der Waals surface area contributed by atoms with Crippen LogP contribution in [0.4, 0.5) is 5.13 Å². The van der Waals surface area contributed by atoms with Crippen LogP contribution < -0.4 is 10.9 Å². The molecule has 0 aliphatic rings. The van der Waals surface area contributed by atoms with Gasteiger partial charge in [0.05, 0.1) is 5.56 Å². The van der Waals surface area contributed by atoms with Crippen LogP contribution >= 0.6 is 11.3 Å². The van der Waals surface area contributed by atoms with Gasteiger partial charge in [-0.3, -0.25) is 4.79 Å². The van der Waals surface area contributed by atoms with Gasteiger partial charge in [-0.05, 0) is 38.8 Å². The van der Waals surface area contributed by atoms with Crippen LogP contribution in [0.3, 0.4) is 0 Å². The Labute approximate surface area is 122 Å².